The van der Waals surface area contributed by atoms with Gasteiger partial charge >= 0.3 is 0 Å². The number of aromatic nitrogens is 4. The Morgan fingerprint density at radius 1 is 1.21 bits per heavy atom. The molecule has 0 saturated carbocycles. The van der Waals surface area contributed by atoms with Crippen LogP contribution >= 0.6 is 0 Å². The van der Waals surface area contributed by atoms with Crippen LogP contribution in [0.15, 0.2) is 66.1 Å². The molecule has 3 aromatic heterocycles. The van der Waals surface area contributed by atoms with Crippen LogP contribution in [0.1, 0.15) is 29.0 Å². The molecule has 1 amide bonds. The van der Waals surface area contributed by atoms with Gasteiger partial charge in [0.05, 0.1) is 11.6 Å². The second-order valence-electron chi connectivity index (χ2n) is 9.00. The van der Waals surface area contributed by atoms with E-state index in [2.05, 4.69) is 26.9 Å². The van der Waals surface area contributed by atoms with Gasteiger partial charge in [-0.2, -0.15) is 14.3 Å². The number of pyridine rings is 1. The van der Waals surface area contributed by atoms with Crippen molar-refractivity contribution in [1.82, 2.24) is 24.2 Å². The lowest BCUT2D eigenvalue weighted by atomic mass is 10.1. The highest BCUT2D eigenvalue weighted by atomic mass is 32.2. The first kappa shape index (κ1) is 25.9. The molecule has 0 radical (unpaired) electrons. The third kappa shape index (κ3) is 5.03. The van der Waals surface area contributed by atoms with Gasteiger partial charge in [-0.25, -0.2) is 18.4 Å². The zero-order chi connectivity index (χ0) is 27.6. The molecular weight excluding hydrogens is 518 g/mol. The molecule has 196 valence electrons. The number of H-pyrrole nitrogens is 1. The topological polar surface area (TPSA) is 150 Å². The number of piperazine rings is 1. The number of hydrogen-bond donors (Lipinski definition) is 1. The van der Waals surface area contributed by atoms with Gasteiger partial charge in [-0.05, 0) is 36.8 Å². The van der Waals surface area contributed by atoms with Crippen molar-refractivity contribution in [2.24, 2.45) is 0 Å². The van der Waals surface area contributed by atoms with Gasteiger partial charge in [-0.1, -0.05) is 5.92 Å². The summed E-state index contributed by atoms with van der Waals surface area (Å²) in [5.74, 6) is 1.98. The van der Waals surface area contributed by atoms with Gasteiger partial charge < -0.3 is 15.1 Å². The first-order chi connectivity index (χ1) is 18.8. The van der Waals surface area contributed by atoms with Crippen LogP contribution in [0.5, 0.6) is 0 Å². The predicted molar refractivity (Wildman–Crippen MR) is 141 cm³/mol. The standard InChI is InChI=1S/C27H23N7O4S/c1-2-19-8-9-23-20(14-19)15-25(31-23)39(37,38)32-12-13-33(22(18-32)6-5-10-28)27(35)26-29-16-21(17-30-26)24-7-3-4-11-34(24)36/h1,3-4,7-9,11,14-17,22,31H,5-6,12-13,18H2. The van der Waals surface area contributed by atoms with Crippen molar-refractivity contribution >= 4 is 26.8 Å². The number of nitriles is 1. The van der Waals surface area contributed by atoms with Crippen LogP contribution in [0.3, 0.4) is 0 Å². The Hall–Kier alpha value is -4.78. The zero-order valence-electron chi connectivity index (χ0n) is 20.7. The number of rotatable bonds is 6. The van der Waals surface area contributed by atoms with E-state index in [4.69, 9.17) is 6.42 Å². The Bertz CT molecular complexity index is 1740. The van der Waals surface area contributed by atoms with Crippen LogP contribution in [0.4, 0.5) is 0 Å². The van der Waals surface area contributed by atoms with Crippen molar-refractivity contribution in [2.75, 3.05) is 19.6 Å². The monoisotopic (exact) mass is 541 g/mol. The number of nitrogens with zero attached hydrogens (tertiary/aromatic N) is 6. The summed E-state index contributed by atoms with van der Waals surface area (Å²) < 4.78 is 29.0. The highest BCUT2D eigenvalue weighted by Gasteiger charge is 2.37. The molecule has 1 N–H and O–H groups in total. The summed E-state index contributed by atoms with van der Waals surface area (Å²) in [7, 11) is -3.91. The minimum atomic E-state index is -3.91. The van der Waals surface area contributed by atoms with E-state index in [0.717, 1.165) is 0 Å². The number of fused-ring (bicyclic) bond motifs is 1. The van der Waals surface area contributed by atoms with Crippen LogP contribution in [0.25, 0.3) is 22.2 Å². The van der Waals surface area contributed by atoms with Crippen LogP contribution in [0.2, 0.25) is 0 Å². The number of sulfonamides is 1. The Morgan fingerprint density at radius 3 is 2.72 bits per heavy atom. The van der Waals surface area contributed by atoms with Gasteiger partial charge in [0, 0.05) is 73.1 Å². The summed E-state index contributed by atoms with van der Waals surface area (Å²) in [6.45, 7) is 0.166. The number of nitrogens with one attached hydrogen (secondary N) is 1. The molecule has 0 bridgehead atoms. The molecule has 4 aromatic rings. The molecule has 1 aromatic carbocycles. The Kier molecular flexibility index (Phi) is 6.98. The fraction of sp³-hybridized carbons (Fsp3) is 0.222. The molecule has 1 atom stereocenters. The van der Waals surface area contributed by atoms with Crippen LogP contribution in [-0.2, 0) is 10.0 Å². The molecule has 1 unspecified atom stereocenters. The van der Waals surface area contributed by atoms with Gasteiger partial charge in [0.15, 0.2) is 6.20 Å². The van der Waals surface area contributed by atoms with E-state index >= 15 is 0 Å². The molecule has 1 fully saturated rings. The molecule has 1 aliphatic rings. The molecule has 39 heavy (non-hydrogen) atoms. The Morgan fingerprint density at radius 2 is 2.00 bits per heavy atom. The average molecular weight is 542 g/mol. The van der Waals surface area contributed by atoms with E-state index in [-0.39, 0.29) is 43.3 Å². The SMILES string of the molecule is C#Cc1ccc2[nH]c(S(=O)(=O)N3CCN(C(=O)c4ncc(-c5cccc[n+]5[O-])cn4)C(CCC#N)C3)cc2c1. The summed E-state index contributed by atoms with van der Waals surface area (Å²) in [6.07, 6.45) is 10.0. The molecule has 1 saturated heterocycles. The minimum Gasteiger partial charge on any atom is -0.618 e. The molecule has 0 aliphatic carbocycles. The largest absolute Gasteiger partial charge is 0.618 e. The van der Waals surface area contributed by atoms with Gasteiger partial charge in [-0.3, -0.25) is 4.79 Å². The number of benzene rings is 1. The van der Waals surface area contributed by atoms with E-state index in [1.54, 1.807) is 42.5 Å². The first-order valence-electron chi connectivity index (χ1n) is 12.1. The predicted octanol–water partition coefficient (Wildman–Crippen LogP) is 2.06. The second-order valence-corrected chi connectivity index (χ2v) is 10.9. The quantitative estimate of drug-likeness (QED) is 0.223. The van der Waals surface area contributed by atoms with Crippen LogP contribution in [0, 0.1) is 28.9 Å². The summed E-state index contributed by atoms with van der Waals surface area (Å²) in [5, 5.41) is 21.9. The highest BCUT2D eigenvalue weighted by Crippen LogP contribution is 2.26. The summed E-state index contributed by atoms with van der Waals surface area (Å²) in [4.78, 5) is 26.2. The van der Waals surface area contributed by atoms with E-state index < -0.39 is 22.0 Å². The number of carbonyl (C=O) groups is 1. The van der Waals surface area contributed by atoms with E-state index in [1.807, 2.05) is 0 Å². The summed E-state index contributed by atoms with van der Waals surface area (Å²) >= 11 is 0. The maximum absolute atomic E-state index is 13.5. The van der Waals surface area contributed by atoms with Crippen molar-refractivity contribution in [3.63, 3.8) is 0 Å². The fourth-order valence-electron chi connectivity index (χ4n) is 4.62. The fourth-order valence-corrected chi connectivity index (χ4v) is 6.10. The number of amides is 1. The Labute approximate surface area is 225 Å². The van der Waals surface area contributed by atoms with E-state index in [9.17, 15) is 23.7 Å². The normalized spacial score (nSPS) is 16.1. The third-order valence-corrected chi connectivity index (χ3v) is 8.43. The number of aromatic amines is 1. The lowest BCUT2D eigenvalue weighted by Gasteiger charge is -2.40. The van der Waals surface area contributed by atoms with E-state index in [1.165, 1.54) is 27.8 Å². The Balaban J connectivity index is 1.37. The number of hydrogen-bond acceptors (Lipinski definition) is 7. The molecule has 1 aliphatic heterocycles. The third-order valence-electron chi connectivity index (χ3n) is 6.64. The van der Waals surface area contributed by atoms with Crippen LogP contribution < -0.4 is 4.73 Å². The molecule has 12 heteroatoms. The highest BCUT2D eigenvalue weighted by molar-refractivity contribution is 7.89. The van der Waals surface area contributed by atoms with Crippen molar-refractivity contribution < 1.29 is 17.9 Å². The second kappa shape index (κ2) is 10.5. The average Bonchev–Trinajstić information content (AvgIpc) is 3.40. The van der Waals surface area contributed by atoms with Crippen LogP contribution in [-0.4, -0.2) is 64.2 Å². The maximum atomic E-state index is 13.5. The molecule has 4 heterocycles. The molecule has 0 spiro atoms. The molecule has 11 nitrogen and oxygen atoms in total. The van der Waals surface area contributed by atoms with Gasteiger partial charge in [0.2, 0.25) is 11.5 Å². The van der Waals surface area contributed by atoms with E-state index in [0.29, 0.717) is 32.5 Å². The first-order valence-corrected chi connectivity index (χ1v) is 13.5. The van der Waals surface area contributed by atoms with Crippen molar-refractivity contribution in [2.45, 2.75) is 23.9 Å². The maximum Gasteiger partial charge on any atom is 0.291 e. The van der Waals surface area contributed by atoms with Crippen molar-refractivity contribution in [3.8, 4) is 29.7 Å². The lowest BCUT2D eigenvalue weighted by Crippen LogP contribution is -2.56. The van der Waals surface area contributed by atoms with Crippen molar-refractivity contribution in [3.05, 3.63) is 77.7 Å². The minimum absolute atomic E-state index is 0.0129. The summed E-state index contributed by atoms with van der Waals surface area (Å²) in [5.41, 5.74) is 2.07. The van der Waals surface area contributed by atoms with Gasteiger partial charge in [0.25, 0.3) is 15.9 Å². The van der Waals surface area contributed by atoms with Crippen molar-refractivity contribution in [1.29, 1.82) is 5.26 Å². The summed E-state index contributed by atoms with van der Waals surface area (Å²) in [6, 6.07) is 13.2. The number of terminal acetylenes is 1. The molecular formula is C27H23N7O4S. The smallest absolute Gasteiger partial charge is 0.291 e. The van der Waals surface area contributed by atoms with Gasteiger partial charge in [0.1, 0.15) is 5.03 Å². The molecule has 5 rings (SSSR count). The number of carbonyl (C=O) groups excluding carboxylic acids is 1. The van der Waals surface area contributed by atoms with Gasteiger partial charge in [-0.15, -0.1) is 6.42 Å². The zero-order valence-corrected chi connectivity index (χ0v) is 21.5. The lowest BCUT2D eigenvalue weighted by molar-refractivity contribution is -0.593.